The maximum atomic E-state index is 12.2. The van der Waals surface area contributed by atoms with Gasteiger partial charge in [-0.1, -0.05) is 0 Å². The number of nitrogens with two attached hydrogens (primary N) is 1. The van der Waals surface area contributed by atoms with Crippen LogP contribution in [0.5, 0.6) is 0 Å². The van der Waals surface area contributed by atoms with E-state index in [-0.39, 0.29) is 17.7 Å². The summed E-state index contributed by atoms with van der Waals surface area (Å²) in [5.74, 6) is -0.900. The van der Waals surface area contributed by atoms with E-state index in [1.807, 2.05) is 0 Å². The molecule has 0 atom stereocenters. The van der Waals surface area contributed by atoms with Crippen molar-refractivity contribution in [2.45, 2.75) is 19.9 Å². The second-order valence-electron chi connectivity index (χ2n) is 4.48. The van der Waals surface area contributed by atoms with Crippen molar-refractivity contribution in [3.63, 3.8) is 0 Å². The fourth-order valence-electron chi connectivity index (χ4n) is 1.66. The highest BCUT2D eigenvalue weighted by Crippen LogP contribution is 2.01. The fourth-order valence-corrected chi connectivity index (χ4v) is 1.66. The first kappa shape index (κ1) is 15.1. The van der Waals surface area contributed by atoms with Crippen LogP contribution in [0.1, 0.15) is 13.8 Å². The Balaban J connectivity index is 2.94. The monoisotopic (exact) mass is 269 g/mol. The molecular weight excluding hydrogens is 250 g/mol. The lowest BCUT2D eigenvalue weighted by Gasteiger charge is -2.27. The smallest absolute Gasteiger partial charge is 0.316 e. The third kappa shape index (κ3) is 4.66. The van der Waals surface area contributed by atoms with Gasteiger partial charge < -0.3 is 20.3 Å². The first-order chi connectivity index (χ1) is 8.91. The molecule has 106 valence electrons. The summed E-state index contributed by atoms with van der Waals surface area (Å²) in [7, 11) is 0. The molecule has 0 bridgehead atoms. The van der Waals surface area contributed by atoms with Crippen molar-refractivity contribution in [3.05, 3.63) is 22.0 Å². The van der Waals surface area contributed by atoms with Gasteiger partial charge in [-0.3, -0.25) is 15.5 Å². The molecule has 0 aromatic carbocycles. The number of hydrogen-bond donors (Lipinski definition) is 2. The first-order valence-electron chi connectivity index (χ1n) is 6.11. The largest absolute Gasteiger partial charge is 0.358 e. The molecule has 0 saturated carbocycles. The van der Waals surface area contributed by atoms with E-state index in [2.05, 4.69) is 10.3 Å². The van der Waals surface area contributed by atoms with Gasteiger partial charge >= 0.3 is 5.82 Å². The van der Waals surface area contributed by atoms with Crippen molar-refractivity contribution in [2.24, 2.45) is 10.7 Å². The number of rotatable bonds is 4. The number of amides is 1. The summed E-state index contributed by atoms with van der Waals surface area (Å²) < 4.78 is 0. The van der Waals surface area contributed by atoms with Gasteiger partial charge in [0.1, 0.15) is 5.71 Å². The van der Waals surface area contributed by atoms with Gasteiger partial charge in [-0.05, 0) is 18.8 Å². The maximum absolute atomic E-state index is 12.2. The molecular formula is C11H19N5O3. The van der Waals surface area contributed by atoms with Crippen molar-refractivity contribution >= 4 is 11.6 Å². The fraction of sp³-hybridized carbons (Fsp3) is 0.636. The lowest BCUT2D eigenvalue weighted by Crippen LogP contribution is -2.48. The minimum Gasteiger partial charge on any atom is -0.358 e. The number of aliphatic imine (C=N–C) groups is 1. The molecule has 0 radical (unpaired) electrons. The van der Waals surface area contributed by atoms with Crippen LogP contribution in [0.25, 0.3) is 0 Å². The molecule has 0 unspecified atom stereocenters. The Morgan fingerprint density at radius 1 is 1.47 bits per heavy atom. The molecule has 0 aliphatic carbocycles. The first-order valence-corrected chi connectivity index (χ1v) is 6.11. The van der Waals surface area contributed by atoms with Crippen molar-refractivity contribution in [1.82, 2.24) is 10.2 Å². The quantitative estimate of drug-likeness (QED) is 0.399. The summed E-state index contributed by atoms with van der Waals surface area (Å²) in [5, 5.41) is 13.7. The predicted molar refractivity (Wildman–Crippen MR) is 71.3 cm³/mol. The summed E-state index contributed by atoms with van der Waals surface area (Å²) in [6, 6.07) is -0.141. The molecule has 3 N–H and O–H groups in total. The highest BCUT2D eigenvalue weighted by Gasteiger charge is 2.22. The van der Waals surface area contributed by atoms with E-state index in [9.17, 15) is 14.9 Å². The highest BCUT2D eigenvalue weighted by molar-refractivity contribution is 6.43. The number of hydrogen-bond acceptors (Lipinski definition) is 6. The van der Waals surface area contributed by atoms with E-state index in [0.717, 1.165) is 6.08 Å². The molecule has 0 aromatic rings. The van der Waals surface area contributed by atoms with Gasteiger partial charge in [0, 0.05) is 32.2 Å². The van der Waals surface area contributed by atoms with Gasteiger partial charge in [-0.15, -0.1) is 0 Å². The van der Waals surface area contributed by atoms with Crippen molar-refractivity contribution in [1.29, 1.82) is 0 Å². The lowest BCUT2D eigenvalue weighted by molar-refractivity contribution is -0.426. The molecule has 1 amide bonds. The van der Waals surface area contributed by atoms with Crippen molar-refractivity contribution < 1.29 is 9.72 Å². The average Bonchev–Trinajstić information content (AvgIpc) is 2.37. The van der Waals surface area contributed by atoms with Gasteiger partial charge in [0.25, 0.3) is 5.91 Å². The van der Waals surface area contributed by atoms with Gasteiger partial charge in [-0.25, -0.2) is 0 Å². The third-order valence-corrected chi connectivity index (χ3v) is 2.52. The molecule has 1 aliphatic heterocycles. The second kappa shape index (κ2) is 6.83. The summed E-state index contributed by atoms with van der Waals surface area (Å²) in [4.78, 5) is 27.8. The highest BCUT2D eigenvalue weighted by atomic mass is 16.6. The molecule has 1 rings (SSSR count). The summed E-state index contributed by atoms with van der Waals surface area (Å²) in [5.41, 5.74) is 5.29. The van der Waals surface area contributed by atoms with Crippen LogP contribution in [0.3, 0.4) is 0 Å². The molecule has 0 spiro atoms. The number of piperazine rings is 1. The van der Waals surface area contributed by atoms with E-state index in [1.54, 1.807) is 18.7 Å². The van der Waals surface area contributed by atoms with Gasteiger partial charge in [0.15, 0.2) is 0 Å². The summed E-state index contributed by atoms with van der Waals surface area (Å²) >= 11 is 0. The van der Waals surface area contributed by atoms with Crippen molar-refractivity contribution in [2.75, 3.05) is 26.2 Å². The Morgan fingerprint density at radius 3 is 2.53 bits per heavy atom. The van der Waals surface area contributed by atoms with Gasteiger partial charge in [0.05, 0.1) is 6.08 Å². The number of nitrogens with one attached hydrogen (secondary N) is 1. The SMILES string of the molecule is CC(C)N=C(C=C(N)[N+](=O)[O-])C(=O)N1CCNCC1. The molecule has 19 heavy (non-hydrogen) atoms. The normalized spacial score (nSPS) is 17.7. The van der Waals surface area contributed by atoms with Crippen LogP contribution in [0.2, 0.25) is 0 Å². The zero-order chi connectivity index (χ0) is 14.4. The number of nitrogens with zero attached hydrogens (tertiary/aromatic N) is 3. The molecule has 8 heteroatoms. The van der Waals surface area contributed by atoms with Crippen LogP contribution >= 0.6 is 0 Å². The Labute approximate surface area is 111 Å². The summed E-state index contributed by atoms with van der Waals surface area (Å²) in [6.07, 6.45) is 1.03. The summed E-state index contributed by atoms with van der Waals surface area (Å²) in [6.45, 7) is 6.11. The van der Waals surface area contributed by atoms with E-state index >= 15 is 0 Å². The molecule has 1 saturated heterocycles. The lowest BCUT2D eigenvalue weighted by atomic mass is 10.2. The predicted octanol–water partition coefficient (Wildman–Crippen LogP) is -0.656. The van der Waals surface area contributed by atoms with Gasteiger partial charge in [-0.2, -0.15) is 0 Å². The number of nitro groups is 1. The number of carbonyl (C=O) groups excluding carboxylic acids is 1. The van der Waals surface area contributed by atoms with Crippen LogP contribution < -0.4 is 11.1 Å². The Kier molecular flexibility index (Phi) is 5.43. The Bertz CT molecular complexity index is 411. The standard InChI is InChI=1S/C11H19N5O3/c1-8(2)14-9(7-10(12)16(18)19)11(17)15-5-3-13-4-6-15/h7-8,13H,3-6,12H2,1-2H3. The van der Waals surface area contributed by atoms with E-state index < -0.39 is 10.7 Å². The van der Waals surface area contributed by atoms with Crippen LogP contribution in [0, 0.1) is 10.1 Å². The van der Waals surface area contributed by atoms with Crippen LogP contribution in [-0.2, 0) is 4.79 Å². The molecule has 0 aromatic heterocycles. The van der Waals surface area contributed by atoms with Crippen LogP contribution in [-0.4, -0.2) is 53.7 Å². The third-order valence-electron chi connectivity index (χ3n) is 2.52. The van der Waals surface area contributed by atoms with Gasteiger partial charge in [0.2, 0.25) is 0 Å². The van der Waals surface area contributed by atoms with E-state index in [1.165, 1.54) is 0 Å². The average molecular weight is 269 g/mol. The molecule has 8 nitrogen and oxygen atoms in total. The van der Waals surface area contributed by atoms with Crippen molar-refractivity contribution in [3.8, 4) is 0 Å². The minimum atomic E-state index is -0.735. The van der Waals surface area contributed by atoms with Crippen LogP contribution in [0.15, 0.2) is 16.9 Å². The molecule has 1 heterocycles. The minimum absolute atomic E-state index is 0.0334. The van der Waals surface area contributed by atoms with E-state index in [4.69, 9.17) is 5.73 Å². The topological polar surface area (TPSA) is 114 Å². The number of carbonyl (C=O) groups is 1. The Morgan fingerprint density at radius 2 is 2.05 bits per heavy atom. The van der Waals surface area contributed by atoms with Crippen LogP contribution in [0.4, 0.5) is 0 Å². The Hall–Kier alpha value is -1.96. The second-order valence-corrected chi connectivity index (χ2v) is 4.48. The zero-order valence-electron chi connectivity index (χ0n) is 11.1. The maximum Gasteiger partial charge on any atom is 0.316 e. The van der Waals surface area contributed by atoms with E-state index in [0.29, 0.717) is 26.2 Å². The zero-order valence-corrected chi connectivity index (χ0v) is 11.1. The molecule has 1 aliphatic rings. The molecule has 1 fully saturated rings.